The van der Waals surface area contributed by atoms with E-state index >= 15 is 0 Å². The van der Waals surface area contributed by atoms with E-state index in [1.807, 2.05) is 18.2 Å². The Morgan fingerprint density at radius 1 is 1.09 bits per heavy atom. The lowest BCUT2D eigenvalue weighted by atomic mass is 10.2. The van der Waals surface area contributed by atoms with E-state index < -0.39 is 0 Å². The predicted octanol–water partition coefficient (Wildman–Crippen LogP) is 3.47. The lowest BCUT2D eigenvalue weighted by molar-refractivity contribution is 0.250. The molecule has 0 saturated heterocycles. The number of nitrogens with zero attached hydrogens (tertiary/aromatic N) is 1. The summed E-state index contributed by atoms with van der Waals surface area (Å²) in [6.07, 6.45) is 0.861. The molecule has 0 bridgehead atoms. The van der Waals surface area contributed by atoms with Gasteiger partial charge in [0.1, 0.15) is 5.82 Å². The first kappa shape index (κ1) is 17.0. The van der Waals surface area contributed by atoms with Gasteiger partial charge >= 0.3 is 6.03 Å². The van der Waals surface area contributed by atoms with E-state index in [2.05, 4.69) is 34.7 Å². The fraction of sp³-hybridized carbons (Fsp3) is 0.278. The number of hydrogen-bond donors (Lipinski definition) is 2. The minimum absolute atomic E-state index is 0.276. The molecule has 2 rings (SSSR count). The van der Waals surface area contributed by atoms with E-state index in [1.165, 1.54) is 29.8 Å². The number of urea groups is 1. The van der Waals surface area contributed by atoms with Crippen LogP contribution in [-0.4, -0.2) is 31.1 Å². The van der Waals surface area contributed by atoms with Crippen LogP contribution >= 0.6 is 0 Å². The first-order valence-electron chi connectivity index (χ1n) is 7.66. The number of carbonyl (C=O) groups is 1. The van der Waals surface area contributed by atoms with E-state index in [9.17, 15) is 9.18 Å². The predicted molar refractivity (Wildman–Crippen MR) is 90.8 cm³/mol. The van der Waals surface area contributed by atoms with Crippen LogP contribution in [0.1, 0.15) is 12.0 Å². The molecular formula is C18H22FN3O. The number of anilines is 1. The highest BCUT2D eigenvalue weighted by atomic mass is 19.1. The van der Waals surface area contributed by atoms with Gasteiger partial charge in [0.2, 0.25) is 0 Å². The van der Waals surface area contributed by atoms with Crippen molar-refractivity contribution in [3.05, 3.63) is 66.0 Å². The molecule has 5 heteroatoms. The molecule has 2 aromatic rings. The molecule has 2 amide bonds. The normalized spacial score (nSPS) is 10.6. The van der Waals surface area contributed by atoms with E-state index in [1.54, 1.807) is 0 Å². The van der Waals surface area contributed by atoms with Crippen LogP contribution in [0, 0.1) is 5.82 Å². The molecule has 0 fully saturated rings. The second-order valence-electron chi connectivity index (χ2n) is 5.46. The zero-order valence-corrected chi connectivity index (χ0v) is 13.3. The van der Waals surface area contributed by atoms with Crippen LogP contribution in [0.3, 0.4) is 0 Å². The van der Waals surface area contributed by atoms with Crippen molar-refractivity contribution in [3.63, 3.8) is 0 Å². The van der Waals surface area contributed by atoms with E-state index in [0.29, 0.717) is 12.2 Å². The van der Waals surface area contributed by atoms with E-state index in [0.717, 1.165) is 19.5 Å². The van der Waals surface area contributed by atoms with Gasteiger partial charge in [-0.05, 0) is 49.8 Å². The number of rotatable bonds is 7. The summed E-state index contributed by atoms with van der Waals surface area (Å²) in [5, 5.41) is 5.46. The van der Waals surface area contributed by atoms with Crippen molar-refractivity contribution in [1.82, 2.24) is 10.2 Å². The molecular weight excluding hydrogens is 293 g/mol. The Kier molecular flexibility index (Phi) is 6.56. The SMILES string of the molecule is CN(CCCNC(=O)Nc1ccc(F)cc1)Cc1ccccc1. The third-order valence-corrected chi connectivity index (χ3v) is 3.40. The van der Waals surface area contributed by atoms with Gasteiger partial charge in [-0.3, -0.25) is 0 Å². The zero-order valence-electron chi connectivity index (χ0n) is 13.3. The van der Waals surface area contributed by atoms with Crippen LogP contribution in [-0.2, 0) is 6.54 Å². The monoisotopic (exact) mass is 315 g/mol. The van der Waals surface area contributed by atoms with Crippen LogP contribution in [0.2, 0.25) is 0 Å². The Morgan fingerprint density at radius 3 is 2.48 bits per heavy atom. The second kappa shape index (κ2) is 8.90. The number of carbonyl (C=O) groups excluding carboxylic acids is 1. The minimum atomic E-state index is -0.322. The molecule has 0 atom stereocenters. The number of amides is 2. The van der Waals surface area contributed by atoms with Crippen molar-refractivity contribution in [2.75, 3.05) is 25.5 Å². The fourth-order valence-electron chi connectivity index (χ4n) is 2.23. The summed E-state index contributed by atoms with van der Waals surface area (Å²) < 4.78 is 12.8. The first-order valence-corrected chi connectivity index (χ1v) is 7.66. The van der Waals surface area contributed by atoms with Gasteiger partial charge < -0.3 is 15.5 Å². The summed E-state index contributed by atoms with van der Waals surface area (Å²) in [5.74, 6) is -0.322. The van der Waals surface area contributed by atoms with E-state index in [-0.39, 0.29) is 11.8 Å². The van der Waals surface area contributed by atoms with Gasteiger partial charge in [0, 0.05) is 18.8 Å². The highest BCUT2D eigenvalue weighted by Crippen LogP contribution is 2.07. The lowest BCUT2D eigenvalue weighted by Gasteiger charge is -2.16. The topological polar surface area (TPSA) is 44.4 Å². The van der Waals surface area contributed by atoms with Gasteiger partial charge in [-0.1, -0.05) is 30.3 Å². The number of benzene rings is 2. The smallest absolute Gasteiger partial charge is 0.319 e. The van der Waals surface area contributed by atoms with Crippen molar-refractivity contribution in [3.8, 4) is 0 Å². The van der Waals surface area contributed by atoms with Gasteiger partial charge in [-0.25, -0.2) is 9.18 Å². The average Bonchev–Trinajstić information content (AvgIpc) is 2.55. The highest BCUT2D eigenvalue weighted by molar-refractivity contribution is 5.89. The van der Waals surface area contributed by atoms with Crippen molar-refractivity contribution < 1.29 is 9.18 Å². The molecule has 0 radical (unpaired) electrons. The first-order chi connectivity index (χ1) is 11.1. The van der Waals surface area contributed by atoms with Gasteiger partial charge in [0.25, 0.3) is 0 Å². The van der Waals surface area contributed by atoms with Crippen molar-refractivity contribution in [1.29, 1.82) is 0 Å². The van der Waals surface area contributed by atoms with Crippen molar-refractivity contribution in [2.45, 2.75) is 13.0 Å². The minimum Gasteiger partial charge on any atom is -0.338 e. The maximum absolute atomic E-state index is 12.8. The molecule has 2 N–H and O–H groups in total. The van der Waals surface area contributed by atoms with Gasteiger partial charge in [-0.2, -0.15) is 0 Å². The fourth-order valence-corrected chi connectivity index (χ4v) is 2.23. The van der Waals surface area contributed by atoms with E-state index in [4.69, 9.17) is 0 Å². The van der Waals surface area contributed by atoms with Gasteiger partial charge in [0.15, 0.2) is 0 Å². The molecule has 0 spiro atoms. The third-order valence-electron chi connectivity index (χ3n) is 3.40. The summed E-state index contributed by atoms with van der Waals surface area (Å²) in [5.41, 5.74) is 1.85. The molecule has 0 aliphatic rings. The van der Waals surface area contributed by atoms with Crippen LogP contribution in [0.4, 0.5) is 14.9 Å². The Balaban J connectivity index is 1.61. The Morgan fingerprint density at radius 2 is 1.78 bits per heavy atom. The Labute approximate surface area is 136 Å². The summed E-state index contributed by atoms with van der Waals surface area (Å²) >= 11 is 0. The largest absolute Gasteiger partial charge is 0.338 e. The molecule has 0 heterocycles. The standard InChI is InChI=1S/C18H22FN3O/c1-22(14-15-6-3-2-4-7-15)13-5-12-20-18(23)21-17-10-8-16(19)9-11-17/h2-4,6-11H,5,12-14H2,1H3,(H2,20,21,23). The van der Waals surface area contributed by atoms with Crippen molar-refractivity contribution >= 4 is 11.7 Å². The maximum atomic E-state index is 12.8. The van der Waals surface area contributed by atoms with Gasteiger partial charge in [0.05, 0.1) is 0 Å². The number of hydrogen-bond acceptors (Lipinski definition) is 2. The molecule has 122 valence electrons. The van der Waals surface area contributed by atoms with Crippen molar-refractivity contribution in [2.24, 2.45) is 0 Å². The highest BCUT2D eigenvalue weighted by Gasteiger charge is 2.03. The molecule has 23 heavy (non-hydrogen) atoms. The molecule has 0 aromatic heterocycles. The van der Waals surface area contributed by atoms with Crippen LogP contribution in [0.25, 0.3) is 0 Å². The molecule has 0 unspecified atom stereocenters. The number of nitrogens with one attached hydrogen (secondary N) is 2. The Hall–Kier alpha value is -2.40. The summed E-state index contributed by atoms with van der Waals surface area (Å²) in [4.78, 5) is 13.9. The quantitative estimate of drug-likeness (QED) is 0.769. The second-order valence-corrected chi connectivity index (χ2v) is 5.46. The van der Waals surface area contributed by atoms with Crippen LogP contribution in [0.15, 0.2) is 54.6 Å². The molecule has 2 aromatic carbocycles. The molecule has 0 aliphatic heterocycles. The summed E-state index contributed by atoms with van der Waals surface area (Å²) in [7, 11) is 2.06. The lowest BCUT2D eigenvalue weighted by Crippen LogP contribution is -2.31. The van der Waals surface area contributed by atoms with Crippen LogP contribution < -0.4 is 10.6 Å². The third kappa shape index (κ3) is 6.48. The van der Waals surface area contributed by atoms with Crippen LogP contribution in [0.5, 0.6) is 0 Å². The average molecular weight is 315 g/mol. The Bertz CT molecular complexity index is 601. The molecule has 0 saturated carbocycles. The number of halogens is 1. The molecule has 0 aliphatic carbocycles. The maximum Gasteiger partial charge on any atom is 0.319 e. The van der Waals surface area contributed by atoms with Gasteiger partial charge in [-0.15, -0.1) is 0 Å². The molecule has 4 nitrogen and oxygen atoms in total. The summed E-state index contributed by atoms with van der Waals surface area (Å²) in [6, 6.07) is 15.7. The zero-order chi connectivity index (χ0) is 16.5. The summed E-state index contributed by atoms with van der Waals surface area (Å²) in [6.45, 7) is 2.38.